The second-order valence-corrected chi connectivity index (χ2v) is 8.17. The van der Waals surface area contributed by atoms with Crippen molar-refractivity contribution in [3.8, 4) is 0 Å². The number of nitrogens with one attached hydrogen (secondary N) is 2. The number of thiocarbonyl (C=S) groups is 1. The highest BCUT2D eigenvalue weighted by atomic mass is 79.9. The van der Waals surface area contributed by atoms with E-state index in [-0.39, 0.29) is 11.7 Å². The van der Waals surface area contributed by atoms with Crippen LogP contribution in [0.4, 0.5) is 5.69 Å². The minimum atomic E-state index is -2.82. The van der Waals surface area contributed by atoms with Crippen molar-refractivity contribution in [3.63, 3.8) is 0 Å². The Morgan fingerprint density at radius 2 is 2.26 bits per heavy atom. The van der Waals surface area contributed by atoms with E-state index in [1.165, 1.54) is 0 Å². The van der Waals surface area contributed by atoms with Crippen molar-refractivity contribution in [2.45, 2.75) is 6.42 Å². The van der Waals surface area contributed by atoms with Gasteiger partial charge in [0.25, 0.3) is 0 Å². The van der Waals surface area contributed by atoms with E-state index in [0.717, 1.165) is 16.6 Å². The van der Waals surface area contributed by atoms with Gasteiger partial charge in [-0.25, -0.2) is 8.42 Å². The van der Waals surface area contributed by atoms with Crippen LogP contribution in [-0.2, 0) is 9.84 Å². The van der Waals surface area contributed by atoms with Gasteiger partial charge < -0.3 is 10.6 Å². The van der Waals surface area contributed by atoms with Gasteiger partial charge in [0.2, 0.25) is 0 Å². The fraction of sp³-hybridized carbons (Fsp3) is 0.417. The monoisotopic (exact) mass is 362 g/mol. The van der Waals surface area contributed by atoms with Gasteiger partial charge >= 0.3 is 0 Å². The van der Waals surface area contributed by atoms with Crippen LogP contribution in [0.15, 0.2) is 28.7 Å². The molecule has 1 unspecified atom stereocenters. The average Bonchev–Trinajstić information content (AvgIpc) is 2.66. The first-order valence-corrected chi connectivity index (χ1v) is 8.98. The Hall–Kier alpha value is -0.660. The molecule has 0 aliphatic carbocycles. The van der Waals surface area contributed by atoms with Crippen LogP contribution in [0.25, 0.3) is 0 Å². The lowest BCUT2D eigenvalue weighted by atomic mass is 10.1. The first-order chi connectivity index (χ1) is 8.94. The molecule has 1 aliphatic rings. The molecule has 0 radical (unpaired) electrons. The van der Waals surface area contributed by atoms with Gasteiger partial charge in [-0.05, 0) is 42.8 Å². The molecule has 2 rings (SSSR count). The summed E-state index contributed by atoms with van der Waals surface area (Å²) in [7, 11) is -2.82. The van der Waals surface area contributed by atoms with Crippen LogP contribution in [-0.4, -0.2) is 31.6 Å². The number of anilines is 1. The lowest BCUT2D eigenvalue weighted by Crippen LogP contribution is -2.33. The molecule has 0 spiro atoms. The van der Waals surface area contributed by atoms with Gasteiger partial charge in [-0.2, -0.15) is 0 Å². The van der Waals surface area contributed by atoms with Crippen molar-refractivity contribution in [2.75, 3.05) is 23.4 Å². The van der Waals surface area contributed by atoms with E-state index in [0.29, 0.717) is 17.4 Å². The normalized spacial score (nSPS) is 21.0. The summed E-state index contributed by atoms with van der Waals surface area (Å²) in [6, 6.07) is 7.69. The lowest BCUT2D eigenvalue weighted by molar-refractivity contribution is 0.574. The maximum absolute atomic E-state index is 11.3. The number of rotatable bonds is 3. The molecule has 1 aromatic carbocycles. The van der Waals surface area contributed by atoms with E-state index < -0.39 is 9.84 Å². The molecule has 4 nitrogen and oxygen atoms in total. The van der Waals surface area contributed by atoms with Gasteiger partial charge in [0.05, 0.1) is 11.5 Å². The highest BCUT2D eigenvalue weighted by Gasteiger charge is 2.27. The Morgan fingerprint density at radius 1 is 1.47 bits per heavy atom. The second kappa shape index (κ2) is 6.19. The molecule has 0 aromatic heterocycles. The summed E-state index contributed by atoms with van der Waals surface area (Å²) in [6.45, 7) is 0.596. The molecule has 1 aromatic rings. The van der Waals surface area contributed by atoms with Gasteiger partial charge in [0.15, 0.2) is 14.9 Å². The predicted octanol–water partition coefficient (Wildman–Crippen LogP) is 2.17. The largest absolute Gasteiger partial charge is 0.362 e. The quantitative estimate of drug-likeness (QED) is 0.807. The van der Waals surface area contributed by atoms with Crippen LogP contribution in [0, 0.1) is 5.92 Å². The third kappa shape index (κ3) is 4.74. The molecule has 0 bridgehead atoms. The molecule has 1 fully saturated rings. The highest BCUT2D eigenvalue weighted by Crippen LogP contribution is 2.18. The smallest absolute Gasteiger partial charge is 0.170 e. The first-order valence-electron chi connectivity index (χ1n) is 5.95. The third-order valence-electron chi connectivity index (χ3n) is 2.96. The van der Waals surface area contributed by atoms with Gasteiger partial charge in [-0.3, -0.25) is 0 Å². The standard InChI is InChI=1S/C12H15BrN2O2S2/c13-10-2-1-3-11(6-10)15-12(18)14-7-9-4-5-19(16,17)8-9/h1-3,6,9H,4-5,7-8H2,(H2,14,15,18). The maximum Gasteiger partial charge on any atom is 0.170 e. The minimum Gasteiger partial charge on any atom is -0.362 e. The predicted molar refractivity (Wildman–Crippen MR) is 85.1 cm³/mol. The van der Waals surface area contributed by atoms with E-state index in [4.69, 9.17) is 12.2 Å². The molecule has 1 atom stereocenters. The zero-order chi connectivity index (χ0) is 13.9. The minimum absolute atomic E-state index is 0.159. The van der Waals surface area contributed by atoms with Crippen LogP contribution in [0.1, 0.15) is 6.42 Å². The molecule has 0 amide bonds. The van der Waals surface area contributed by atoms with Gasteiger partial charge in [0.1, 0.15) is 0 Å². The van der Waals surface area contributed by atoms with Crippen LogP contribution in [0.5, 0.6) is 0 Å². The highest BCUT2D eigenvalue weighted by molar-refractivity contribution is 9.10. The van der Waals surface area contributed by atoms with Crippen LogP contribution >= 0.6 is 28.1 Å². The molecule has 1 saturated heterocycles. The summed E-state index contributed by atoms with van der Waals surface area (Å²) in [5.74, 6) is 0.720. The Labute approximate surface area is 127 Å². The number of hydrogen-bond donors (Lipinski definition) is 2. The lowest BCUT2D eigenvalue weighted by Gasteiger charge is -2.13. The Morgan fingerprint density at radius 3 is 2.89 bits per heavy atom. The molecule has 1 aliphatic heterocycles. The van der Waals surface area contributed by atoms with Gasteiger partial charge in [-0.15, -0.1) is 0 Å². The van der Waals surface area contributed by atoms with Crippen LogP contribution < -0.4 is 10.6 Å². The Balaban J connectivity index is 1.79. The van der Waals surface area contributed by atoms with E-state index >= 15 is 0 Å². The van der Waals surface area contributed by atoms with Crippen molar-refractivity contribution < 1.29 is 8.42 Å². The average molecular weight is 363 g/mol. The molecule has 7 heteroatoms. The summed E-state index contributed by atoms with van der Waals surface area (Å²) in [6.07, 6.45) is 0.717. The van der Waals surface area contributed by atoms with Crippen molar-refractivity contribution >= 4 is 48.8 Å². The summed E-state index contributed by atoms with van der Waals surface area (Å²) < 4.78 is 23.6. The van der Waals surface area contributed by atoms with E-state index in [1.54, 1.807) is 0 Å². The molecule has 1 heterocycles. The van der Waals surface area contributed by atoms with Crippen molar-refractivity contribution in [2.24, 2.45) is 5.92 Å². The topological polar surface area (TPSA) is 58.2 Å². The van der Waals surface area contributed by atoms with Gasteiger partial charge in [-0.1, -0.05) is 22.0 Å². The Bertz CT molecular complexity index is 575. The van der Waals surface area contributed by atoms with E-state index in [1.807, 2.05) is 24.3 Å². The SMILES string of the molecule is O=S1(=O)CCC(CNC(=S)Nc2cccc(Br)c2)C1. The zero-order valence-electron chi connectivity index (χ0n) is 10.2. The van der Waals surface area contributed by atoms with Crippen LogP contribution in [0.3, 0.4) is 0 Å². The summed E-state index contributed by atoms with van der Waals surface area (Å²) >= 11 is 8.57. The second-order valence-electron chi connectivity index (χ2n) is 4.61. The zero-order valence-corrected chi connectivity index (χ0v) is 13.4. The number of benzene rings is 1. The number of sulfone groups is 1. The maximum atomic E-state index is 11.3. The number of hydrogen-bond acceptors (Lipinski definition) is 3. The molecule has 104 valence electrons. The molecular formula is C12H15BrN2O2S2. The fourth-order valence-electron chi connectivity index (χ4n) is 2.01. The van der Waals surface area contributed by atoms with Crippen molar-refractivity contribution in [1.82, 2.24) is 5.32 Å². The van der Waals surface area contributed by atoms with E-state index in [9.17, 15) is 8.42 Å². The van der Waals surface area contributed by atoms with E-state index in [2.05, 4.69) is 26.6 Å². The van der Waals surface area contributed by atoms with Crippen LogP contribution in [0.2, 0.25) is 0 Å². The molecule has 19 heavy (non-hydrogen) atoms. The number of halogens is 1. The van der Waals surface area contributed by atoms with Gasteiger partial charge in [0, 0.05) is 16.7 Å². The van der Waals surface area contributed by atoms with Crippen molar-refractivity contribution in [1.29, 1.82) is 0 Å². The first kappa shape index (κ1) is 14.7. The summed E-state index contributed by atoms with van der Waals surface area (Å²) in [5.41, 5.74) is 0.894. The Kier molecular flexibility index (Phi) is 4.81. The molecular weight excluding hydrogens is 348 g/mol. The molecule has 2 N–H and O–H groups in total. The fourth-order valence-corrected chi connectivity index (χ4v) is 4.47. The van der Waals surface area contributed by atoms with Crippen molar-refractivity contribution in [3.05, 3.63) is 28.7 Å². The summed E-state index contributed by atoms with van der Waals surface area (Å²) in [4.78, 5) is 0. The molecule has 0 saturated carbocycles. The third-order valence-corrected chi connectivity index (χ3v) is 5.54. The summed E-state index contributed by atoms with van der Waals surface area (Å²) in [5, 5.41) is 6.66.